The van der Waals surface area contributed by atoms with Crippen molar-refractivity contribution >= 4 is 39.8 Å². The smallest absolute Gasteiger partial charge is 0.257 e. The molecule has 1 amide bonds. The Hall–Kier alpha value is -2.99. The zero-order valence-corrected chi connectivity index (χ0v) is 13.8. The van der Waals surface area contributed by atoms with Crippen LogP contribution >= 0.6 is 12.2 Å². The molecule has 120 valence electrons. The lowest BCUT2D eigenvalue weighted by atomic mass is 10.2. The third-order valence-electron chi connectivity index (χ3n) is 3.47. The lowest BCUT2D eigenvalue weighted by Gasteiger charge is -2.11. The van der Waals surface area contributed by atoms with Crippen molar-refractivity contribution in [1.82, 2.24) is 10.3 Å². The molecule has 0 saturated carbocycles. The maximum absolute atomic E-state index is 12.2. The summed E-state index contributed by atoms with van der Waals surface area (Å²) in [6, 6.07) is 16.3. The molecule has 0 unspecified atom stereocenters. The summed E-state index contributed by atoms with van der Waals surface area (Å²) in [6.45, 7) is 0. The van der Waals surface area contributed by atoms with Crippen LogP contribution < -0.4 is 15.4 Å². The van der Waals surface area contributed by atoms with Crippen LogP contribution in [0.4, 0.5) is 5.69 Å². The van der Waals surface area contributed by atoms with Crippen LogP contribution in [0.15, 0.2) is 60.8 Å². The number of thiocarbonyl (C=S) groups is 1. The number of benzene rings is 2. The highest BCUT2D eigenvalue weighted by molar-refractivity contribution is 7.80. The van der Waals surface area contributed by atoms with E-state index in [1.165, 1.54) is 0 Å². The number of aromatic nitrogens is 1. The molecule has 0 aliphatic rings. The Balaban J connectivity index is 1.71. The molecule has 0 fully saturated rings. The first kappa shape index (κ1) is 15.9. The van der Waals surface area contributed by atoms with Gasteiger partial charge in [-0.3, -0.25) is 15.1 Å². The number of carbonyl (C=O) groups excluding carboxylic acids is 1. The minimum atomic E-state index is -0.284. The Bertz CT molecular complexity index is 889. The Labute approximate surface area is 144 Å². The number of rotatable bonds is 3. The van der Waals surface area contributed by atoms with Gasteiger partial charge in [-0.2, -0.15) is 0 Å². The van der Waals surface area contributed by atoms with Crippen LogP contribution in [0.1, 0.15) is 10.4 Å². The molecule has 1 aromatic heterocycles. The summed E-state index contributed by atoms with van der Waals surface area (Å²) < 4.78 is 5.07. The lowest BCUT2D eigenvalue weighted by molar-refractivity contribution is 0.0977. The number of nitrogens with zero attached hydrogens (tertiary/aromatic N) is 1. The van der Waals surface area contributed by atoms with E-state index in [1.807, 2.05) is 30.3 Å². The van der Waals surface area contributed by atoms with Crippen LogP contribution in [0.25, 0.3) is 10.9 Å². The molecule has 0 aliphatic heterocycles. The van der Waals surface area contributed by atoms with Gasteiger partial charge in [0.05, 0.1) is 12.6 Å². The predicted molar refractivity (Wildman–Crippen MR) is 98.4 cm³/mol. The van der Waals surface area contributed by atoms with E-state index in [2.05, 4.69) is 15.6 Å². The highest BCUT2D eigenvalue weighted by atomic mass is 32.1. The van der Waals surface area contributed by atoms with Gasteiger partial charge in [0, 0.05) is 22.8 Å². The second kappa shape index (κ2) is 7.06. The Kier molecular flexibility index (Phi) is 4.67. The molecule has 2 aromatic carbocycles. The molecule has 0 aliphatic carbocycles. The van der Waals surface area contributed by atoms with Crippen LogP contribution in [0.3, 0.4) is 0 Å². The highest BCUT2D eigenvalue weighted by Gasteiger charge is 2.09. The topological polar surface area (TPSA) is 63.2 Å². The van der Waals surface area contributed by atoms with Gasteiger partial charge >= 0.3 is 0 Å². The quantitative estimate of drug-likeness (QED) is 0.718. The summed E-state index contributed by atoms with van der Waals surface area (Å²) in [5, 5.41) is 6.87. The van der Waals surface area contributed by atoms with Gasteiger partial charge in [0.15, 0.2) is 5.11 Å². The molecule has 0 saturated heterocycles. The summed E-state index contributed by atoms with van der Waals surface area (Å²) in [7, 11) is 1.58. The Morgan fingerprint density at radius 2 is 1.88 bits per heavy atom. The second-order valence-electron chi connectivity index (χ2n) is 5.01. The zero-order chi connectivity index (χ0) is 16.9. The third-order valence-corrected chi connectivity index (χ3v) is 3.68. The molecular formula is C18H15N3O2S. The zero-order valence-electron chi connectivity index (χ0n) is 12.9. The molecule has 0 atom stereocenters. The molecule has 0 bridgehead atoms. The normalized spacial score (nSPS) is 10.2. The van der Waals surface area contributed by atoms with Crippen LogP contribution in [-0.4, -0.2) is 23.1 Å². The van der Waals surface area contributed by atoms with Crippen molar-refractivity contribution in [2.45, 2.75) is 0 Å². The highest BCUT2D eigenvalue weighted by Crippen LogP contribution is 2.21. The minimum absolute atomic E-state index is 0.229. The molecule has 0 radical (unpaired) electrons. The summed E-state index contributed by atoms with van der Waals surface area (Å²) in [5.41, 5.74) is 2.15. The summed E-state index contributed by atoms with van der Waals surface area (Å²) in [4.78, 5) is 16.5. The number of methoxy groups -OCH3 is 1. The van der Waals surface area contributed by atoms with Crippen LogP contribution in [-0.2, 0) is 0 Å². The first-order chi connectivity index (χ1) is 11.7. The number of ether oxygens (including phenoxy) is 1. The van der Waals surface area contributed by atoms with E-state index in [0.29, 0.717) is 11.3 Å². The number of carbonyl (C=O) groups is 1. The van der Waals surface area contributed by atoms with Gasteiger partial charge in [0.1, 0.15) is 5.75 Å². The van der Waals surface area contributed by atoms with Gasteiger partial charge < -0.3 is 10.1 Å². The molecule has 3 rings (SSSR count). The summed E-state index contributed by atoms with van der Waals surface area (Å²) >= 11 is 5.24. The molecule has 2 N–H and O–H groups in total. The Morgan fingerprint density at radius 1 is 1.08 bits per heavy atom. The molecule has 6 heteroatoms. The molecule has 0 spiro atoms. The number of fused-ring (bicyclic) bond motifs is 1. The predicted octanol–water partition coefficient (Wildman–Crippen LogP) is 3.37. The minimum Gasteiger partial charge on any atom is -0.497 e. The summed E-state index contributed by atoms with van der Waals surface area (Å²) in [6.07, 6.45) is 1.73. The molecule has 5 nitrogen and oxygen atoms in total. The van der Waals surface area contributed by atoms with Gasteiger partial charge in [-0.1, -0.05) is 6.07 Å². The fourth-order valence-electron chi connectivity index (χ4n) is 2.28. The van der Waals surface area contributed by atoms with Crippen molar-refractivity contribution in [3.05, 3.63) is 66.4 Å². The molecule has 1 heterocycles. The van der Waals surface area contributed by atoms with Crippen molar-refractivity contribution in [2.75, 3.05) is 12.4 Å². The van der Waals surface area contributed by atoms with Crippen molar-refractivity contribution in [2.24, 2.45) is 0 Å². The largest absolute Gasteiger partial charge is 0.497 e. The van der Waals surface area contributed by atoms with Crippen LogP contribution in [0.5, 0.6) is 5.75 Å². The monoisotopic (exact) mass is 337 g/mol. The molecular weight excluding hydrogens is 322 g/mol. The number of anilines is 1. The van der Waals surface area contributed by atoms with Crippen molar-refractivity contribution in [3.8, 4) is 5.75 Å². The van der Waals surface area contributed by atoms with E-state index >= 15 is 0 Å². The number of nitrogens with one attached hydrogen (secondary N) is 2. The second-order valence-corrected chi connectivity index (χ2v) is 5.42. The fraction of sp³-hybridized carbons (Fsp3) is 0.0556. The lowest BCUT2D eigenvalue weighted by Crippen LogP contribution is -2.34. The number of hydrogen-bond acceptors (Lipinski definition) is 4. The van der Waals surface area contributed by atoms with E-state index in [0.717, 1.165) is 16.6 Å². The maximum atomic E-state index is 12.2. The van der Waals surface area contributed by atoms with E-state index in [-0.39, 0.29) is 11.0 Å². The third kappa shape index (κ3) is 3.49. The van der Waals surface area contributed by atoms with Crippen molar-refractivity contribution in [3.63, 3.8) is 0 Å². The van der Waals surface area contributed by atoms with E-state index < -0.39 is 0 Å². The molecule has 3 aromatic rings. The Morgan fingerprint density at radius 3 is 2.62 bits per heavy atom. The van der Waals surface area contributed by atoms with Crippen LogP contribution in [0.2, 0.25) is 0 Å². The SMILES string of the molecule is COc1ccc(C(=O)NC(=S)Nc2cccc3ncccc23)cc1. The number of hydrogen-bond donors (Lipinski definition) is 2. The van der Waals surface area contributed by atoms with Crippen molar-refractivity contribution in [1.29, 1.82) is 0 Å². The van der Waals surface area contributed by atoms with Gasteiger partial charge in [-0.05, 0) is 60.7 Å². The molecule has 24 heavy (non-hydrogen) atoms. The average Bonchev–Trinajstić information content (AvgIpc) is 2.62. The fourth-order valence-corrected chi connectivity index (χ4v) is 2.49. The van der Waals surface area contributed by atoms with Gasteiger partial charge in [-0.15, -0.1) is 0 Å². The van der Waals surface area contributed by atoms with E-state index in [9.17, 15) is 4.79 Å². The van der Waals surface area contributed by atoms with Crippen molar-refractivity contribution < 1.29 is 9.53 Å². The number of amides is 1. The van der Waals surface area contributed by atoms with E-state index in [1.54, 1.807) is 37.6 Å². The number of pyridine rings is 1. The van der Waals surface area contributed by atoms with Gasteiger partial charge in [0.25, 0.3) is 5.91 Å². The average molecular weight is 337 g/mol. The first-order valence-electron chi connectivity index (χ1n) is 7.27. The van der Waals surface area contributed by atoms with Gasteiger partial charge in [0.2, 0.25) is 0 Å². The first-order valence-corrected chi connectivity index (χ1v) is 7.68. The standard InChI is InChI=1S/C18H15N3O2S/c1-23-13-9-7-12(8-10-13)17(22)21-18(24)20-16-6-2-5-15-14(16)4-3-11-19-15/h2-11H,1H3,(H2,20,21,22,24). The van der Waals surface area contributed by atoms with Crippen LogP contribution in [0, 0.1) is 0 Å². The van der Waals surface area contributed by atoms with Gasteiger partial charge in [-0.25, -0.2) is 0 Å². The summed E-state index contributed by atoms with van der Waals surface area (Å²) in [5.74, 6) is 0.407. The van der Waals surface area contributed by atoms with E-state index in [4.69, 9.17) is 17.0 Å². The maximum Gasteiger partial charge on any atom is 0.257 e.